The molecular weight excluding hydrogens is 216 g/mol. The Morgan fingerprint density at radius 3 is 3.00 bits per heavy atom. The highest BCUT2D eigenvalue weighted by Crippen LogP contribution is 2.13. The van der Waals surface area contributed by atoms with E-state index < -0.39 is 0 Å². The lowest BCUT2D eigenvalue weighted by Gasteiger charge is -2.32. The molecule has 2 fully saturated rings. The van der Waals surface area contributed by atoms with Gasteiger partial charge < -0.3 is 20.4 Å². The van der Waals surface area contributed by atoms with Crippen LogP contribution in [0.3, 0.4) is 0 Å². The number of amides is 2. The molecule has 2 saturated heterocycles. The molecule has 0 radical (unpaired) electrons. The summed E-state index contributed by atoms with van der Waals surface area (Å²) in [5.41, 5.74) is 0. The minimum atomic E-state index is 0.0848. The summed E-state index contributed by atoms with van der Waals surface area (Å²) in [6.45, 7) is 5.64. The van der Waals surface area contributed by atoms with Crippen molar-refractivity contribution in [2.75, 3.05) is 46.3 Å². The van der Waals surface area contributed by atoms with Gasteiger partial charge >= 0.3 is 6.03 Å². The van der Waals surface area contributed by atoms with Crippen LogP contribution in [-0.4, -0.2) is 68.2 Å². The number of hydrogen-bond acceptors (Lipinski definition) is 3. The molecule has 0 spiro atoms. The average Bonchev–Trinajstić information content (AvgIpc) is 2.73. The van der Waals surface area contributed by atoms with Crippen LogP contribution in [0.4, 0.5) is 4.79 Å². The van der Waals surface area contributed by atoms with E-state index in [-0.39, 0.29) is 6.03 Å². The predicted molar refractivity (Wildman–Crippen MR) is 68.1 cm³/mol. The summed E-state index contributed by atoms with van der Waals surface area (Å²) in [7, 11) is 2.21. The van der Waals surface area contributed by atoms with Crippen LogP contribution in [0.5, 0.6) is 0 Å². The molecule has 17 heavy (non-hydrogen) atoms. The number of carbonyl (C=O) groups is 1. The quantitative estimate of drug-likeness (QED) is 0.669. The van der Waals surface area contributed by atoms with E-state index in [0.29, 0.717) is 6.04 Å². The Bertz CT molecular complexity index is 259. The van der Waals surface area contributed by atoms with E-state index in [1.807, 2.05) is 4.90 Å². The second-order valence-corrected chi connectivity index (χ2v) is 5.05. The van der Waals surface area contributed by atoms with Crippen LogP contribution in [0.1, 0.15) is 19.3 Å². The van der Waals surface area contributed by atoms with Crippen molar-refractivity contribution in [1.82, 2.24) is 20.4 Å². The first-order valence-electron chi connectivity index (χ1n) is 6.71. The molecule has 1 unspecified atom stereocenters. The van der Waals surface area contributed by atoms with Gasteiger partial charge in [-0.3, -0.25) is 0 Å². The number of carbonyl (C=O) groups excluding carboxylic acids is 1. The Morgan fingerprint density at radius 1 is 1.41 bits per heavy atom. The summed E-state index contributed by atoms with van der Waals surface area (Å²) in [6, 6.07) is 0.762. The lowest BCUT2D eigenvalue weighted by Crippen LogP contribution is -2.44. The molecule has 2 aliphatic rings. The zero-order valence-electron chi connectivity index (χ0n) is 10.7. The van der Waals surface area contributed by atoms with Crippen LogP contribution in [0, 0.1) is 0 Å². The van der Waals surface area contributed by atoms with Gasteiger partial charge in [0.25, 0.3) is 0 Å². The second kappa shape index (κ2) is 6.21. The number of hydrogen-bond donors (Lipinski definition) is 2. The van der Waals surface area contributed by atoms with Crippen molar-refractivity contribution < 1.29 is 4.79 Å². The maximum Gasteiger partial charge on any atom is 0.317 e. The molecule has 5 nitrogen and oxygen atoms in total. The van der Waals surface area contributed by atoms with E-state index in [2.05, 4.69) is 22.6 Å². The fourth-order valence-corrected chi connectivity index (χ4v) is 2.61. The monoisotopic (exact) mass is 240 g/mol. The van der Waals surface area contributed by atoms with Crippen LogP contribution in [0.25, 0.3) is 0 Å². The average molecular weight is 240 g/mol. The predicted octanol–water partition coefficient (Wildman–Crippen LogP) is 0.0855. The fourth-order valence-electron chi connectivity index (χ4n) is 2.61. The van der Waals surface area contributed by atoms with E-state index >= 15 is 0 Å². The molecule has 5 heteroatoms. The van der Waals surface area contributed by atoms with Crippen molar-refractivity contribution in [3.8, 4) is 0 Å². The Kier molecular flexibility index (Phi) is 4.62. The molecule has 2 amide bonds. The van der Waals surface area contributed by atoms with Gasteiger partial charge in [-0.25, -0.2) is 4.79 Å². The van der Waals surface area contributed by atoms with Gasteiger partial charge in [-0.05, 0) is 26.4 Å². The topological polar surface area (TPSA) is 47.6 Å². The number of rotatable bonds is 5. The molecule has 2 rings (SSSR count). The van der Waals surface area contributed by atoms with Gasteiger partial charge in [-0.1, -0.05) is 6.42 Å². The highest BCUT2D eigenvalue weighted by molar-refractivity contribution is 5.76. The van der Waals surface area contributed by atoms with Gasteiger partial charge in [0.15, 0.2) is 0 Å². The number of likely N-dealkylation sites (tertiary alicyclic amines) is 1. The largest absolute Gasteiger partial charge is 0.336 e. The van der Waals surface area contributed by atoms with E-state index in [9.17, 15) is 4.79 Å². The smallest absolute Gasteiger partial charge is 0.317 e. The van der Waals surface area contributed by atoms with Crippen LogP contribution in [0.2, 0.25) is 0 Å². The van der Waals surface area contributed by atoms with E-state index in [0.717, 1.165) is 32.7 Å². The first-order valence-corrected chi connectivity index (χ1v) is 6.71. The van der Waals surface area contributed by atoms with Crippen molar-refractivity contribution in [3.63, 3.8) is 0 Å². The van der Waals surface area contributed by atoms with Crippen molar-refractivity contribution in [1.29, 1.82) is 0 Å². The van der Waals surface area contributed by atoms with Gasteiger partial charge in [-0.2, -0.15) is 0 Å². The van der Waals surface area contributed by atoms with Crippen molar-refractivity contribution >= 4 is 6.03 Å². The summed E-state index contributed by atoms with van der Waals surface area (Å²) < 4.78 is 0. The molecule has 0 aromatic carbocycles. The van der Waals surface area contributed by atoms with Crippen LogP contribution in [-0.2, 0) is 0 Å². The molecule has 2 aliphatic heterocycles. The maximum atomic E-state index is 11.3. The first kappa shape index (κ1) is 12.6. The fraction of sp³-hybridized carbons (Fsp3) is 0.917. The third kappa shape index (κ3) is 3.57. The lowest BCUT2D eigenvalue weighted by molar-refractivity contribution is 0.180. The first-order chi connectivity index (χ1) is 8.27. The number of nitrogens with zero attached hydrogens (tertiary/aromatic N) is 2. The molecule has 0 saturated carbocycles. The minimum Gasteiger partial charge on any atom is -0.336 e. The summed E-state index contributed by atoms with van der Waals surface area (Å²) >= 11 is 0. The number of nitrogens with one attached hydrogen (secondary N) is 2. The number of piperidine rings is 1. The van der Waals surface area contributed by atoms with Gasteiger partial charge in [0.1, 0.15) is 0 Å². The SMILES string of the molecule is CN1CCCCC1CNCCN1CCNC1=O. The third-order valence-electron chi connectivity index (χ3n) is 3.81. The zero-order valence-corrected chi connectivity index (χ0v) is 10.7. The van der Waals surface area contributed by atoms with Gasteiger partial charge in [0.05, 0.1) is 0 Å². The molecule has 2 N–H and O–H groups in total. The maximum absolute atomic E-state index is 11.3. The second-order valence-electron chi connectivity index (χ2n) is 5.05. The normalized spacial score (nSPS) is 26.3. The summed E-state index contributed by atoms with van der Waals surface area (Å²) in [5, 5.41) is 6.29. The van der Waals surface area contributed by atoms with Gasteiger partial charge in [-0.15, -0.1) is 0 Å². The number of urea groups is 1. The van der Waals surface area contributed by atoms with Crippen LogP contribution in [0.15, 0.2) is 0 Å². The summed E-state index contributed by atoms with van der Waals surface area (Å²) in [6.07, 6.45) is 3.99. The van der Waals surface area contributed by atoms with Crippen LogP contribution >= 0.6 is 0 Å². The highest BCUT2D eigenvalue weighted by atomic mass is 16.2. The minimum absolute atomic E-state index is 0.0848. The third-order valence-corrected chi connectivity index (χ3v) is 3.81. The number of likely N-dealkylation sites (N-methyl/N-ethyl adjacent to an activating group) is 1. The lowest BCUT2D eigenvalue weighted by atomic mass is 10.0. The molecule has 2 heterocycles. The molecule has 0 aliphatic carbocycles. The Labute approximate surface area is 104 Å². The molecule has 0 aromatic rings. The highest BCUT2D eigenvalue weighted by Gasteiger charge is 2.20. The molecule has 1 atom stereocenters. The van der Waals surface area contributed by atoms with E-state index in [1.54, 1.807) is 0 Å². The van der Waals surface area contributed by atoms with Crippen LogP contribution < -0.4 is 10.6 Å². The summed E-state index contributed by atoms with van der Waals surface area (Å²) in [5.74, 6) is 0. The zero-order chi connectivity index (χ0) is 12.1. The molecule has 0 aromatic heterocycles. The van der Waals surface area contributed by atoms with Gasteiger partial charge in [0, 0.05) is 38.8 Å². The van der Waals surface area contributed by atoms with Crippen molar-refractivity contribution in [2.45, 2.75) is 25.3 Å². The Morgan fingerprint density at radius 2 is 2.29 bits per heavy atom. The van der Waals surface area contributed by atoms with Crippen molar-refractivity contribution in [2.24, 2.45) is 0 Å². The van der Waals surface area contributed by atoms with E-state index in [1.165, 1.54) is 25.8 Å². The molecular formula is C12H24N4O. The van der Waals surface area contributed by atoms with Crippen molar-refractivity contribution in [3.05, 3.63) is 0 Å². The Hall–Kier alpha value is -0.810. The summed E-state index contributed by atoms with van der Waals surface area (Å²) in [4.78, 5) is 15.6. The van der Waals surface area contributed by atoms with Gasteiger partial charge in [0.2, 0.25) is 0 Å². The Balaban J connectivity index is 1.57. The standard InChI is InChI=1S/C12H24N4O/c1-15-7-3-2-4-11(15)10-13-5-8-16-9-6-14-12(16)17/h11,13H,2-10H2,1H3,(H,14,17). The molecule has 98 valence electrons. The molecule has 0 bridgehead atoms. The van der Waals surface area contributed by atoms with E-state index in [4.69, 9.17) is 0 Å².